The number of hydrogen-bond acceptors (Lipinski definition) is 6. The first-order chi connectivity index (χ1) is 13.6. The molecule has 2 aliphatic heterocycles. The van der Waals surface area contributed by atoms with E-state index in [9.17, 15) is 9.18 Å². The van der Waals surface area contributed by atoms with Crippen LogP contribution in [0, 0.1) is 5.82 Å². The van der Waals surface area contributed by atoms with E-state index in [-0.39, 0.29) is 30.4 Å². The Morgan fingerprint density at radius 2 is 2.21 bits per heavy atom. The van der Waals surface area contributed by atoms with E-state index in [2.05, 4.69) is 15.4 Å². The normalized spacial score (nSPS) is 21.9. The molecule has 5 rings (SSSR count). The monoisotopic (exact) mass is 383 g/mol. The van der Waals surface area contributed by atoms with Crippen molar-refractivity contribution in [1.29, 1.82) is 0 Å². The summed E-state index contributed by atoms with van der Waals surface area (Å²) in [5.41, 5.74) is 1.48. The molecule has 3 aromatic rings. The highest BCUT2D eigenvalue weighted by atomic mass is 19.1. The first kappa shape index (κ1) is 16.9. The molecule has 4 heterocycles. The van der Waals surface area contributed by atoms with Crippen molar-refractivity contribution in [2.75, 3.05) is 18.3 Å². The smallest absolute Gasteiger partial charge is 0.257 e. The van der Waals surface area contributed by atoms with Crippen LogP contribution in [0.3, 0.4) is 0 Å². The summed E-state index contributed by atoms with van der Waals surface area (Å²) in [6, 6.07) is 5.67. The number of nitrogens with zero attached hydrogens (tertiary/aromatic N) is 4. The number of anilines is 1. The molecule has 1 amide bonds. The minimum absolute atomic E-state index is 0.243. The zero-order valence-electron chi connectivity index (χ0n) is 15.1. The number of amides is 1. The van der Waals surface area contributed by atoms with E-state index in [1.807, 2.05) is 6.92 Å². The number of nitrogens with one attached hydrogen (secondary N) is 1. The van der Waals surface area contributed by atoms with Gasteiger partial charge in [-0.15, -0.1) is 0 Å². The topological polar surface area (TPSA) is 81.0 Å². The van der Waals surface area contributed by atoms with E-state index in [0.717, 1.165) is 0 Å². The van der Waals surface area contributed by atoms with E-state index in [0.29, 0.717) is 41.4 Å². The molecule has 9 heteroatoms. The molecule has 1 N–H and O–H groups in total. The first-order valence-corrected chi connectivity index (χ1v) is 9.10. The summed E-state index contributed by atoms with van der Waals surface area (Å²) in [6.07, 6.45) is 3.87. The number of rotatable bonds is 0. The van der Waals surface area contributed by atoms with E-state index >= 15 is 0 Å². The van der Waals surface area contributed by atoms with Crippen LogP contribution in [-0.2, 0) is 4.84 Å². The second kappa shape index (κ2) is 6.45. The number of ether oxygens (including phenoxy) is 1. The summed E-state index contributed by atoms with van der Waals surface area (Å²) in [7, 11) is 0. The predicted octanol–water partition coefficient (Wildman–Crippen LogP) is 2.26. The van der Waals surface area contributed by atoms with Crippen molar-refractivity contribution in [1.82, 2.24) is 19.9 Å². The molecule has 2 aliphatic rings. The van der Waals surface area contributed by atoms with Crippen LogP contribution in [0.4, 0.5) is 10.2 Å². The van der Waals surface area contributed by atoms with Crippen LogP contribution in [0.5, 0.6) is 5.75 Å². The van der Waals surface area contributed by atoms with Gasteiger partial charge in [-0.1, -0.05) is 0 Å². The quantitative estimate of drug-likeness (QED) is 0.641. The maximum Gasteiger partial charge on any atom is 0.257 e. The molecule has 0 unspecified atom stereocenters. The lowest BCUT2D eigenvalue weighted by Crippen LogP contribution is -2.36. The van der Waals surface area contributed by atoms with Crippen LogP contribution >= 0.6 is 0 Å². The van der Waals surface area contributed by atoms with Crippen molar-refractivity contribution in [3.8, 4) is 5.75 Å². The van der Waals surface area contributed by atoms with E-state index in [1.54, 1.807) is 23.4 Å². The van der Waals surface area contributed by atoms with Gasteiger partial charge in [0.2, 0.25) is 0 Å². The lowest BCUT2D eigenvalue weighted by Gasteiger charge is -2.25. The molecular formula is C19H18FN5O3. The first-order valence-electron chi connectivity index (χ1n) is 9.10. The molecule has 1 saturated heterocycles. The average molecular weight is 383 g/mol. The number of fused-ring (bicyclic) bond motifs is 5. The Balaban J connectivity index is 1.69. The predicted molar refractivity (Wildman–Crippen MR) is 97.6 cm³/mol. The highest BCUT2D eigenvalue weighted by Crippen LogP contribution is 2.39. The maximum atomic E-state index is 14.0. The molecule has 2 bridgehead atoms. The molecule has 0 aliphatic carbocycles. The van der Waals surface area contributed by atoms with Crippen LogP contribution in [0.25, 0.3) is 5.65 Å². The highest BCUT2D eigenvalue weighted by Gasteiger charge is 2.32. The zero-order valence-corrected chi connectivity index (χ0v) is 15.1. The molecule has 0 saturated carbocycles. The summed E-state index contributed by atoms with van der Waals surface area (Å²) in [5.74, 6) is 0.452. The van der Waals surface area contributed by atoms with Crippen molar-refractivity contribution in [3.63, 3.8) is 0 Å². The van der Waals surface area contributed by atoms with Crippen molar-refractivity contribution in [3.05, 3.63) is 53.6 Å². The molecule has 1 fully saturated rings. The van der Waals surface area contributed by atoms with Gasteiger partial charge in [-0.3, -0.25) is 9.63 Å². The Hall–Kier alpha value is -3.20. The zero-order chi connectivity index (χ0) is 19.3. The standard InChI is InChI=1S/C19H18FN5O3/c1-11-10-27-16-3-2-12(20)8-13(16)15-5-7-28-25(15)17-4-6-24-18(23-17)14(9-21-24)19(26)22-11/h2-4,6,8-9,11,15H,5,7,10H2,1H3,(H,22,26)/t11-,15+/m1/s1. The fourth-order valence-electron chi connectivity index (χ4n) is 3.59. The summed E-state index contributed by atoms with van der Waals surface area (Å²) in [4.78, 5) is 23.1. The Kier molecular flexibility index (Phi) is 3.90. The van der Waals surface area contributed by atoms with Gasteiger partial charge in [0.25, 0.3) is 5.91 Å². The average Bonchev–Trinajstić information content (AvgIpc) is 3.32. The van der Waals surface area contributed by atoms with Crippen LogP contribution in [-0.4, -0.2) is 39.8 Å². The summed E-state index contributed by atoms with van der Waals surface area (Å²) < 4.78 is 21.5. The summed E-state index contributed by atoms with van der Waals surface area (Å²) in [5, 5.41) is 8.73. The maximum absolute atomic E-state index is 14.0. The van der Waals surface area contributed by atoms with Crippen molar-refractivity contribution in [2.24, 2.45) is 0 Å². The Morgan fingerprint density at radius 3 is 3.11 bits per heavy atom. The van der Waals surface area contributed by atoms with E-state index in [4.69, 9.17) is 9.57 Å². The van der Waals surface area contributed by atoms with Crippen molar-refractivity contribution in [2.45, 2.75) is 25.4 Å². The molecule has 2 atom stereocenters. The number of carbonyl (C=O) groups is 1. The van der Waals surface area contributed by atoms with Crippen LogP contribution < -0.4 is 15.1 Å². The molecule has 1 aromatic carbocycles. The molecule has 0 radical (unpaired) electrons. The van der Waals surface area contributed by atoms with Crippen molar-refractivity contribution >= 4 is 17.4 Å². The largest absolute Gasteiger partial charge is 0.491 e. The second-order valence-electron chi connectivity index (χ2n) is 6.94. The summed E-state index contributed by atoms with van der Waals surface area (Å²) >= 11 is 0. The minimum Gasteiger partial charge on any atom is -0.491 e. The molecule has 2 aromatic heterocycles. The van der Waals surface area contributed by atoms with Gasteiger partial charge in [0.05, 0.1) is 24.9 Å². The molecule has 144 valence electrons. The van der Waals surface area contributed by atoms with Crippen LogP contribution in [0.1, 0.15) is 35.3 Å². The Morgan fingerprint density at radius 1 is 1.32 bits per heavy atom. The van der Waals surface area contributed by atoms with Gasteiger partial charge in [-0.05, 0) is 25.1 Å². The number of aromatic nitrogens is 3. The van der Waals surface area contributed by atoms with E-state index < -0.39 is 0 Å². The number of hydroxylamine groups is 1. The lowest BCUT2D eigenvalue weighted by atomic mass is 10.0. The molecule has 0 spiro atoms. The lowest BCUT2D eigenvalue weighted by molar-refractivity contribution is 0.0928. The second-order valence-corrected chi connectivity index (χ2v) is 6.94. The van der Waals surface area contributed by atoms with Crippen LogP contribution in [0.2, 0.25) is 0 Å². The van der Waals surface area contributed by atoms with Gasteiger partial charge >= 0.3 is 0 Å². The Bertz CT molecular complexity index is 1070. The van der Waals surface area contributed by atoms with Gasteiger partial charge in [0.1, 0.15) is 23.7 Å². The van der Waals surface area contributed by atoms with Gasteiger partial charge in [-0.2, -0.15) is 5.10 Å². The fourth-order valence-corrected chi connectivity index (χ4v) is 3.59. The molecular weight excluding hydrogens is 365 g/mol. The van der Waals surface area contributed by atoms with E-state index in [1.165, 1.54) is 22.8 Å². The SMILES string of the molecule is C[C@@H]1COc2ccc(F)cc2[C@@H]2CCON2c2ccn3ncc(c3n2)C(=O)N1. The molecule has 8 nitrogen and oxygen atoms in total. The number of hydrogen-bond donors (Lipinski definition) is 1. The third kappa shape index (κ3) is 2.75. The van der Waals surface area contributed by atoms with Crippen LogP contribution in [0.15, 0.2) is 36.7 Å². The third-order valence-electron chi connectivity index (χ3n) is 4.93. The van der Waals surface area contributed by atoms with Gasteiger partial charge in [0.15, 0.2) is 11.5 Å². The van der Waals surface area contributed by atoms with Gasteiger partial charge in [0, 0.05) is 24.2 Å². The Labute approximate surface area is 159 Å². The minimum atomic E-state index is -0.346. The summed E-state index contributed by atoms with van der Waals surface area (Å²) in [6.45, 7) is 2.56. The van der Waals surface area contributed by atoms with Crippen molar-refractivity contribution < 1.29 is 18.8 Å². The van der Waals surface area contributed by atoms with Gasteiger partial charge in [-0.25, -0.2) is 19.0 Å². The number of halogens is 1. The fraction of sp³-hybridized carbons (Fsp3) is 0.316. The third-order valence-corrected chi connectivity index (χ3v) is 4.93. The molecule has 28 heavy (non-hydrogen) atoms. The highest BCUT2D eigenvalue weighted by molar-refractivity contribution is 5.99. The van der Waals surface area contributed by atoms with Gasteiger partial charge < -0.3 is 10.1 Å². The number of benzene rings is 1. The number of carbonyl (C=O) groups excluding carboxylic acids is 1.